The van der Waals surface area contributed by atoms with Crippen LogP contribution < -0.4 is 10.5 Å². The third-order valence-corrected chi connectivity index (χ3v) is 11.3. The van der Waals surface area contributed by atoms with Gasteiger partial charge in [0, 0.05) is 12.1 Å². The van der Waals surface area contributed by atoms with Gasteiger partial charge in [0.15, 0.2) is 18.3 Å². The zero-order chi connectivity index (χ0) is 30.4. The van der Waals surface area contributed by atoms with E-state index >= 15 is 0 Å². The average Bonchev–Trinajstić information content (AvgIpc) is 3.19. The second kappa shape index (κ2) is 11.3. The van der Waals surface area contributed by atoms with Crippen molar-refractivity contribution >= 4 is 23.3 Å². The number of quaternary nitrogens is 1. The summed E-state index contributed by atoms with van der Waals surface area (Å²) in [6.45, 7) is 6.17. The number of nitrogens with one attached hydrogen (secondary N) is 2. The van der Waals surface area contributed by atoms with Crippen molar-refractivity contribution in [2.24, 2.45) is 33.7 Å². The summed E-state index contributed by atoms with van der Waals surface area (Å²) in [6, 6.07) is 3.57. The molecule has 1 unspecified atom stereocenters. The van der Waals surface area contributed by atoms with Gasteiger partial charge in [0.25, 0.3) is 5.91 Å². The maximum Gasteiger partial charge on any atom is 0.329 e. The molecule has 0 bridgehead atoms. The van der Waals surface area contributed by atoms with Crippen molar-refractivity contribution in [3.8, 4) is 0 Å². The standard InChI is InChI=1S/C31H43N3O8/c1-29-12-9-20(16-19(29)7-8-22-23(29)10-13-30(2)24(22)11-14-31(30,3)39)33-42-17-25(35)32-26(28(37)38)27(36)18-5-4-6-21(15-18)34(40)41/h4-6,15-16,22-24,26-27,34,36,39-40H,7-14,17H2,1-3H3,(H,32,35)(H,37,38)/t22-,23-,24+,26+,27-,29-,30+,31-/m0/s1. The van der Waals surface area contributed by atoms with Gasteiger partial charge in [0.1, 0.15) is 6.10 Å². The van der Waals surface area contributed by atoms with Crippen LogP contribution in [0.5, 0.6) is 0 Å². The number of carboxylic acids is 1. The highest BCUT2D eigenvalue weighted by molar-refractivity contribution is 5.96. The second-order valence-corrected chi connectivity index (χ2v) is 13.4. The van der Waals surface area contributed by atoms with E-state index in [-0.39, 0.29) is 22.1 Å². The van der Waals surface area contributed by atoms with E-state index < -0.39 is 41.5 Å². The number of carbonyl (C=O) groups is 2. The summed E-state index contributed by atoms with van der Waals surface area (Å²) in [5.74, 6) is -0.503. The van der Waals surface area contributed by atoms with Crippen molar-refractivity contribution in [1.29, 1.82) is 0 Å². The minimum absolute atomic E-state index is 0.0142. The van der Waals surface area contributed by atoms with Crippen LogP contribution in [0.2, 0.25) is 0 Å². The summed E-state index contributed by atoms with van der Waals surface area (Å²) >= 11 is 0. The van der Waals surface area contributed by atoms with Crippen LogP contribution in [0.25, 0.3) is 0 Å². The Hall–Kier alpha value is -2.83. The Morgan fingerprint density at radius 3 is 2.60 bits per heavy atom. The van der Waals surface area contributed by atoms with E-state index in [4.69, 9.17) is 10.0 Å². The zero-order valence-electron chi connectivity index (χ0n) is 24.5. The first-order valence-electron chi connectivity index (χ1n) is 14.9. The summed E-state index contributed by atoms with van der Waals surface area (Å²) in [5.41, 5.74) is 1.53. The number of benzene rings is 1. The van der Waals surface area contributed by atoms with Gasteiger partial charge in [-0.3, -0.25) is 4.79 Å². The first kappa shape index (κ1) is 30.6. The van der Waals surface area contributed by atoms with Crippen LogP contribution >= 0.6 is 0 Å². The Labute approximate surface area is 245 Å². The van der Waals surface area contributed by atoms with Crippen LogP contribution in [0.1, 0.15) is 83.8 Å². The molecule has 4 aliphatic carbocycles. The van der Waals surface area contributed by atoms with E-state index in [1.807, 2.05) is 6.92 Å². The lowest BCUT2D eigenvalue weighted by molar-refractivity contribution is -0.991. The van der Waals surface area contributed by atoms with E-state index in [1.54, 1.807) is 0 Å². The molecule has 11 heteroatoms. The molecule has 3 saturated carbocycles. The predicted octanol–water partition coefficient (Wildman–Crippen LogP) is 2.78. The third kappa shape index (κ3) is 5.37. The lowest BCUT2D eigenvalue weighted by Gasteiger charge is -2.59. The lowest BCUT2D eigenvalue weighted by atomic mass is 9.46. The summed E-state index contributed by atoms with van der Waals surface area (Å²) in [6.07, 6.45) is 8.31. The predicted molar refractivity (Wildman–Crippen MR) is 152 cm³/mol. The van der Waals surface area contributed by atoms with Crippen LogP contribution in [-0.2, 0) is 14.4 Å². The number of aliphatic hydroxyl groups excluding tert-OH is 1. The van der Waals surface area contributed by atoms with Gasteiger partial charge in [-0.05, 0) is 98.5 Å². The molecule has 5 rings (SSSR count). The minimum Gasteiger partial charge on any atom is -0.595 e. The molecule has 1 aromatic rings. The molecule has 1 aromatic carbocycles. The number of oxime groups is 1. The first-order chi connectivity index (χ1) is 19.8. The number of amides is 1. The van der Waals surface area contributed by atoms with Gasteiger partial charge in [0.05, 0.1) is 11.3 Å². The highest BCUT2D eigenvalue weighted by Crippen LogP contribution is 2.67. The molecule has 11 nitrogen and oxygen atoms in total. The van der Waals surface area contributed by atoms with E-state index in [0.29, 0.717) is 24.2 Å². The zero-order valence-corrected chi connectivity index (χ0v) is 24.5. The molecule has 230 valence electrons. The highest BCUT2D eigenvalue weighted by atomic mass is 16.8. The number of allylic oxidation sites excluding steroid dienone is 2. The van der Waals surface area contributed by atoms with Crippen LogP contribution in [0.4, 0.5) is 5.69 Å². The second-order valence-electron chi connectivity index (χ2n) is 13.4. The SMILES string of the molecule is C[C@]12CCC(=NOCC(=O)N[C@@H](C(=O)O)[C@@H](O)c3cccc([NH+]([O-])O)c3)C=C1CC[C@@H]1[C@H]3CC[C@](C)(O)[C@]3(C)CC[C@@H]12. The largest absolute Gasteiger partial charge is 0.595 e. The van der Waals surface area contributed by atoms with Crippen LogP contribution in [0.15, 0.2) is 41.1 Å². The Morgan fingerprint density at radius 2 is 1.88 bits per heavy atom. The molecular formula is C31H43N3O8. The fraction of sp³-hybridized carbons (Fsp3) is 0.645. The maximum atomic E-state index is 12.5. The number of rotatable bonds is 8. The molecule has 1 amide bonds. The van der Waals surface area contributed by atoms with Crippen LogP contribution in [0.3, 0.4) is 0 Å². The van der Waals surface area contributed by atoms with Gasteiger partial charge in [0.2, 0.25) is 0 Å². The maximum absolute atomic E-state index is 12.5. The number of hydrogen-bond donors (Lipinski definition) is 6. The topological polar surface area (TPSA) is 176 Å². The smallest absolute Gasteiger partial charge is 0.329 e. The average molecular weight is 586 g/mol. The number of aliphatic hydroxyl groups is 2. The monoisotopic (exact) mass is 585 g/mol. The van der Waals surface area contributed by atoms with Gasteiger partial charge in [-0.25, -0.2) is 10.0 Å². The van der Waals surface area contributed by atoms with Gasteiger partial charge in [-0.2, -0.15) is 5.23 Å². The Kier molecular flexibility index (Phi) is 8.27. The van der Waals surface area contributed by atoms with E-state index in [1.165, 1.54) is 29.8 Å². The van der Waals surface area contributed by atoms with Crippen molar-refractivity contribution in [3.63, 3.8) is 0 Å². The molecule has 0 radical (unpaired) electrons. The number of nitrogens with zero attached hydrogens (tertiary/aromatic N) is 1. The minimum atomic E-state index is -1.70. The summed E-state index contributed by atoms with van der Waals surface area (Å²) in [7, 11) is 0. The summed E-state index contributed by atoms with van der Waals surface area (Å²) < 4.78 is 0. The Bertz CT molecular complexity index is 1280. The number of fused-ring (bicyclic) bond motifs is 5. The fourth-order valence-electron chi connectivity index (χ4n) is 8.60. The molecule has 3 fully saturated rings. The number of hydrogen-bond acceptors (Lipinski definition) is 8. The Balaban J connectivity index is 1.20. The number of carboxylic acid groups (broad SMARTS) is 1. The van der Waals surface area contributed by atoms with Gasteiger partial charge in [-0.1, -0.05) is 36.7 Å². The molecule has 0 aromatic heterocycles. The molecule has 9 atom stereocenters. The van der Waals surface area contributed by atoms with Gasteiger partial charge >= 0.3 is 5.97 Å². The fourth-order valence-corrected chi connectivity index (χ4v) is 8.60. The van der Waals surface area contributed by atoms with E-state index in [2.05, 4.69) is 30.4 Å². The molecule has 6 N–H and O–H groups in total. The van der Waals surface area contributed by atoms with Crippen molar-refractivity contribution < 1.29 is 40.2 Å². The van der Waals surface area contributed by atoms with Crippen LogP contribution in [0, 0.1) is 33.8 Å². The molecule has 42 heavy (non-hydrogen) atoms. The number of carbonyl (C=O) groups excluding carboxylic acids is 1. The van der Waals surface area contributed by atoms with E-state index in [0.717, 1.165) is 50.7 Å². The highest BCUT2D eigenvalue weighted by Gasteiger charge is 2.62. The first-order valence-corrected chi connectivity index (χ1v) is 14.9. The molecule has 0 saturated heterocycles. The summed E-state index contributed by atoms with van der Waals surface area (Å²) in [5, 5.41) is 56.9. The molecular weight excluding hydrogens is 542 g/mol. The normalized spacial score (nSPS) is 37.0. The van der Waals surface area contributed by atoms with E-state index in [9.17, 15) is 30.1 Å². The van der Waals surface area contributed by atoms with Crippen molar-refractivity contribution in [2.75, 3.05) is 6.61 Å². The quantitative estimate of drug-likeness (QED) is 0.252. The lowest BCUT2D eigenvalue weighted by Crippen LogP contribution is -2.99. The van der Waals surface area contributed by atoms with Gasteiger partial charge in [-0.15, -0.1) is 0 Å². The summed E-state index contributed by atoms with van der Waals surface area (Å²) in [4.78, 5) is 29.6. The molecule has 0 heterocycles. The number of aliphatic carboxylic acids is 1. The third-order valence-electron chi connectivity index (χ3n) is 11.3. The van der Waals surface area contributed by atoms with Crippen molar-refractivity contribution in [1.82, 2.24) is 5.32 Å². The Morgan fingerprint density at radius 1 is 1.14 bits per heavy atom. The van der Waals surface area contributed by atoms with Crippen molar-refractivity contribution in [3.05, 3.63) is 46.7 Å². The van der Waals surface area contributed by atoms with Crippen molar-refractivity contribution in [2.45, 2.75) is 89.9 Å². The molecule has 4 aliphatic rings. The van der Waals surface area contributed by atoms with Gasteiger partial charge < -0.3 is 30.7 Å². The molecule has 0 spiro atoms. The molecule has 0 aliphatic heterocycles. The van der Waals surface area contributed by atoms with Crippen LogP contribution in [-0.4, -0.2) is 56.4 Å².